The van der Waals surface area contributed by atoms with Crippen LogP contribution in [0.1, 0.15) is 55.1 Å². The highest BCUT2D eigenvalue weighted by atomic mass is 16.7. The predicted octanol–water partition coefficient (Wildman–Crippen LogP) is 4.52. The molecular formula is C25H31NO5. The average Bonchev–Trinajstić information content (AvgIpc) is 2.79. The molecule has 2 aliphatic heterocycles. The van der Waals surface area contributed by atoms with Crippen LogP contribution in [0.5, 0.6) is 0 Å². The van der Waals surface area contributed by atoms with Gasteiger partial charge in [-0.25, -0.2) is 4.79 Å². The summed E-state index contributed by atoms with van der Waals surface area (Å²) in [5.74, 6) is 0. The summed E-state index contributed by atoms with van der Waals surface area (Å²) in [6, 6.07) is 17.3. The van der Waals surface area contributed by atoms with E-state index in [0.717, 1.165) is 36.0 Å². The fourth-order valence-electron chi connectivity index (χ4n) is 5.22. The number of amides is 1. The molecule has 6 nitrogen and oxygen atoms in total. The van der Waals surface area contributed by atoms with Gasteiger partial charge in [0.05, 0.1) is 5.60 Å². The van der Waals surface area contributed by atoms with Crippen molar-refractivity contribution in [2.45, 2.75) is 62.7 Å². The maximum Gasteiger partial charge on any atom is 0.410 e. The number of nitrogens with zero attached hydrogens (tertiary/aromatic N) is 1. The Morgan fingerprint density at radius 1 is 1.03 bits per heavy atom. The molecule has 2 aliphatic rings. The number of carbonyl (C=O) groups is 1. The van der Waals surface area contributed by atoms with Crippen molar-refractivity contribution in [3.8, 4) is 0 Å². The average molecular weight is 426 g/mol. The molecule has 2 fully saturated rings. The van der Waals surface area contributed by atoms with E-state index in [1.807, 2.05) is 59.5 Å². The van der Waals surface area contributed by atoms with Crippen LogP contribution in [-0.4, -0.2) is 42.4 Å². The van der Waals surface area contributed by atoms with Crippen LogP contribution in [0.25, 0.3) is 0 Å². The number of hydrogen-bond donors (Lipinski definition) is 1. The molecular weight excluding hydrogens is 394 g/mol. The Labute approximate surface area is 183 Å². The van der Waals surface area contributed by atoms with Gasteiger partial charge >= 0.3 is 6.09 Å². The van der Waals surface area contributed by atoms with E-state index in [1.54, 1.807) is 14.2 Å². The molecule has 0 spiro atoms. The zero-order valence-corrected chi connectivity index (χ0v) is 18.2. The van der Waals surface area contributed by atoms with Gasteiger partial charge in [0.15, 0.2) is 6.29 Å². The van der Waals surface area contributed by atoms with Gasteiger partial charge in [0, 0.05) is 44.7 Å². The second-order valence-electron chi connectivity index (χ2n) is 8.52. The first-order valence-corrected chi connectivity index (χ1v) is 10.9. The van der Waals surface area contributed by atoms with Crippen LogP contribution >= 0.6 is 0 Å². The molecule has 1 amide bonds. The van der Waals surface area contributed by atoms with Crippen LogP contribution in [0, 0.1) is 0 Å². The molecule has 1 N–H and O–H groups in total. The standard InChI is InChI=1S/C25H31NO5/c1-29-23(30-2)21-13-6-7-14-22(21)25(28)15-19-11-8-12-20(16-25)26(19)24(27)31-17-18-9-4-3-5-10-18/h3-7,9-10,13-14,19-20,23,28H,8,11-12,15-17H2,1-2H3. The van der Waals surface area contributed by atoms with E-state index >= 15 is 0 Å². The Balaban J connectivity index is 1.54. The van der Waals surface area contributed by atoms with Gasteiger partial charge in [0.2, 0.25) is 0 Å². The highest BCUT2D eigenvalue weighted by Crippen LogP contribution is 2.46. The molecule has 6 heteroatoms. The van der Waals surface area contributed by atoms with E-state index in [4.69, 9.17) is 14.2 Å². The zero-order valence-electron chi connectivity index (χ0n) is 18.2. The van der Waals surface area contributed by atoms with E-state index < -0.39 is 11.9 Å². The summed E-state index contributed by atoms with van der Waals surface area (Å²) in [5.41, 5.74) is 1.57. The largest absolute Gasteiger partial charge is 0.445 e. The van der Waals surface area contributed by atoms with Gasteiger partial charge in [0.25, 0.3) is 0 Å². The third kappa shape index (κ3) is 4.47. The lowest BCUT2D eigenvalue weighted by Crippen LogP contribution is -2.59. The molecule has 0 radical (unpaired) electrons. The van der Waals surface area contributed by atoms with Gasteiger partial charge < -0.3 is 24.2 Å². The molecule has 2 bridgehead atoms. The first kappa shape index (κ1) is 21.8. The number of methoxy groups -OCH3 is 2. The lowest BCUT2D eigenvalue weighted by Gasteiger charge is -2.51. The second kappa shape index (κ2) is 9.39. The van der Waals surface area contributed by atoms with E-state index in [-0.39, 0.29) is 24.8 Å². The van der Waals surface area contributed by atoms with E-state index in [1.165, 1.54) is 0 Å². The van der Waals surface area contributed by atoms with Gasteiger partial charge in [-0.3, -0.25) is 0 Å². The van der Waals surface area contributed by atoms with Crippen molar-refractivity contribution in [2.24, 2.45) is 0 Å². The molecule has 0 saturated carbocycles. The number of piperidine rings is 2. The lowest BCUT2D eigenvalue weighted by atomic mass is 9.71. The Morgan fingerprint density at radius 3 is 2.29 bits per heavy atom. The highest BCUT2D eigenvalue weighted by Gasteiger charge is 2.49. The first-order chi connectivity index (χ1) is 15.1. The molecule has 166 valence electrons. The molecule has 2 heterocycles. The molecule has 4 rings (SSSR count). The van der Waals surface area contributed by atoms with Crippen molar-refractivity contribution < 1.29 is 24.1 Å². The van der Waals surface area contributed by atoms with Gasteiger partial charge in [-0.15, -0.1) is 0 Å². The summed E-state index contributed by atoms with van der Waals surface area (Å²) in [6.45, 7) is 0.256. The minimum absolute atomic E-state index is 0.0580. The second-order valence-corrected chi connectivity index (χ2v) is 8.52. The predicted molar refractivity (Wildman–Crippen MR) is 116 cm³/mol. The quantitative estimate of drug-likeness (QED) is 0.689. The number of hydrogen-bond acceptors (Lipinski definition) is 5. The van der Waals surface area contributed by atoms with Crippen LogP contribution in [0.2, 0.25) is 0 Å². The number of ether oxygens (including phenoxy) is 3. The fourth-order valence-corrected chi connectivity index (χ4v) is 5.22. The number of rotatable bonds is 6. The summed E-state index contributed by atoms with van der Waals surface area (Å²) in [4.78, 5) is 14.9. The van der Waals surface area contributed by atoms with Crippen molar-refractivity contribution in [1.82, 2.24) is 4.90 Å². The van der Waals surface area contributed by atoms with Crippen molar-refractivity contribution >= 4 is 6.09 Å². The zero-order chi connectivity index (χ0) is 21.8. The Bertz CT molecular complexity index is 868. The van der Waals surface area contributed by atoms with Crippen LogP contribution in [0.3, 0.4) is 0 Å². The third-order valence-electron chi connectivity index (χ3n) is 6.57. The number of carbonyl (C=O) groups excluding carboxylic acids is 1. The molecule has 31 heavy (non-hydrogen) atoms. The van der Waals surface area contributed by atoms with Crippen molar-refractivity contribution in [3.05, 3.63) is 71.3 Å². The summed E-state index contributed by atoms with van der Waals surface area (Å²) >= 11 is 0. The van der Waals surface area contributed by atoms with E-state index in [2.05, 4.69) is 0 Å². The molecule has 2 aromatic rings. The summed E-state index contributed by atoms with van der Waals surface area (Å²) in [7, 11) is 3.18. The molecule has 2 atom stereocenters. The molecule has 0 aliphatic carbocycles. The number of benzene rings is 2. The minimum Gasteiger partial charge on any atom is -0.445 e. The SMILES string of the molecule is COC(OC)c1ccccc1C1(O)CC2CCCC(C1)N2C(=O)OCc1ccccc1. The van der Waals surface area contributed by atoms with E-state index in [9.17, 15) is 9.90 Å². The monoisotopic (exact) mass is 425 g/mol. The van der Waals surface area contributed by atoms with Gasteiger partial charge in [-0.2, -0.15) is 0 Å². The number of aliphatic hydroxyl groups is 1. The van der Waals surface area contributed by atoms with E-state index in [0.29, 0.717) is 12.8 Å². The first-order valence-electron chi connectivity index (χ1n) is 10.9. The summed E-state index contributed by atoms with van der Waals surface area (Å²) < 4.78 is 16.6. The van der Waals surface area contributed by atoms with Gasteiger partial charge in [0.1, 0.15) is 6.61 Å². The Kier molecular flexibility index (Phi) is 6.60. The van der Waals surface area contributed by atoms with Gasteiger partial charge in [-0.05, 0) is 30.4 Å². The van der Waals surface area contributed by atoms with Crippen LogP contribution < -0.4 is 0 Å². The lowest BCUT2D eigenvalue weighted by molar-refractivity contribution is -0.116. The smallest absolute Gasteiger partial charge is 0.410 e. The minimum atomic E-state index is -1.04. The van der Waals surface area contributed by atoms with Crippen molar-refractivity contribution in [3.63, 3.8) is 0 Å². The van der Waals surface area contributed by atoms with Crippen molar-refractivity contribution in [2.75, 3.05) is 14.2 Å². The summed E-state index contributed by atoms with van der Waals surface area (Å²) in [6.07, 6.45) is 2.88. The van der Waals surface area contributed by atoms with Crippen LogP contribution in [0.15, 0.2) is 54.6 Å². The fraction of sp³-hybridized carbons (Fsp3) is 0.480. The van der Waals surface area contributed by atoms with Crippen LogP contribution in [-0.2, 0) is 26.4 Å². The topological polar surface area (TPSA) is 68.2 Å². The maximum atomic E-state index is 13.0. The third-order valence-corrected chi connectivity index (χ3v) is 6.57. The number of fused-ring (bicyclic) bond motifs is 2. The van der Waals surface area contributed by atoms with Gasteiger partial charge in [-0.1, -0.05) is 54.6 Å². The molecule has 2 saturated heterocycles. The van der Waals surface area contributed by atoms with Crippen molar-refractivity contribution in [1.29, 1.82) is 0 Å². The molecule has 2 aromatic carbocycles. The molecule has 0 aromatic heterocycles. The normalized spacial score (nSPS) is 25.5. The highest BCUT2D eigenvalue weighted by molar-refractivity contribution is 5.69. The Hall–Kier alpha value is -2.41. The maximum absolute atomic E-state index is 13.0. The summed E-state index contributed by atoms with van der Waals surface area (Å²) in [5, 5.41) is 11.8. The van der Waals surface area contributed by atoms with Crippen LogP contribution in [0.4, 0.5) is 4.79 Å². The molecule has 2 unspecified atom stereocenters. The Morgan fingerprint density at radius 2 is 1.65 bits per heavy atom.